The molecule has 8 heteroatoms. The molecule has 4 fully saturated rings. The first-order valence-corrected chi connectivity index (χ1v) is 11.4. The Balaban J connectivity index is 1.34. The molecule has 0 aliphatic carbocycles. The second kappa shape index (κ2) is 6.79. The second-order valence-corrected chi connectivity index (χ2v) is 9.86. The van der Waals surface area contributed by atoms with E-state index in [-0.39, 0.29) is 5.54 Å². The molecule has 2 unspecified atom stereocenters. The van der Waals surface area contributed by atoms with Crippen molar-refractivity contribution in [2.45, 2.75) is 62.8 Å². The van der Waals surface area contributed by atoms with Crippen LogP contribution in [0.15, 0.2) is 6.20 Å². The van der Waals surface area contributed by atoms with Crippen molar-refractivity contribution >= 4 is 16.9 Å². The number of nitrogens with one attached hydrogen (secondary N) is 1. The zero-order valence-electron chi connectivity index (χ0n) is 17.9. The Hall–Kier alpha value is -1.93. The monoisotopic (exact) mass is 414 g/mol. The fourth-order valence-corrected chi connectivity index (χ4v) is 6.35. The van der Waals surface area contributed by atoms with Crippen LogP contribution in [0.2, 0.25) is 0 Å². The molecule has 30 heavy (non-hydrogen) atoms. The molecule has 2 bridgehead atoms. The van der Waals surface area contributed by atoms with E-state index in [0.717, 1.165) is 49.3 Å². The van der Waals surface area contributed by atoms with Gasteiger partial charge in [-0.25, -0.2) is 4.39 Å². The minimum Gasteiger partial charge on any atom is -0.461 e. The van der Waals surface area contributed by atoms with Gasteiger partial charge in [0.2, 0.25) is 0 Å². The summed E-state index contributed by atoms with van der Waals surface area (Å²) in [4.78, 5) is 14.4. The molecule has 0 spiro atoms. The van der Waals surface area contributed by atoms with E-state index < -0.39 is 6.17 Å². The first-order chi connectivity index (χ1) is 14.5. The van der Waals surface area contributed by atoms with E-state index in [1.54, 1.807) is 0 Å². The lowest BCUT2D eigenvalue weighted by molar-refractivity contribution is 0.107. The largest absolute Gasteiger partial charge is 0.461 e. The number of nitrogens with zero attached hydrogens (tertiary/aromatic N) is 5. The number of hydrogen-bond donors (Lipinski definition) is 1. The Morgan fingerprint density at radius 1 is 1.23 bits per heavy atom. The SMILES string of the molecule is Cc1cn(C)c2nc(OC[C@@]34CCCN3C[C@H](F)C4)nc(N3CC4CCC(C3)N4)c12. The Labute approximate surface area is 176 Å². The molecular formula is C22H31FN6O. The number of anilines is 1. The maximum Gasteiger partial charge on any atom is 0.320 e. The quantitative estimate of drug-likeness (QED) is 0.828. The van der Waals surface area contributed by atoms with Crippen molar-refractivity contribution in [3.63, 3.8) is 0 Å². The van der Waals surface area contributed by atoms with Gasteiger partial charge in [0.25, 0.3) is 0 Å². The summed E-state index contributed by atoms with van der Waals surface area (Å²) >= 11 is 0. The number of rotatable bonds is 4. The van der Waals surface area contributed by atoms with Crippen LogP contribution in [0, 0.1) is 6.92 Å². The number of hydrogen-bond acceptors (Lipinski definition) is 6. The number of piperazine rings is 1. The summed E-state index contributed by atoms with van der Waals surface area (Å²) in [6.45, 7) is 6.04. The van der Waals surface area contributed by atoms with Gasteiger partial charge in [0.05, 0.1) is 10.9 Å². The van der Waals surface area contributed by atoms with Crippen LogP contribution < -0.4 is 15.0 Å². The van der Waals surface area contributed by atoms with Crippen molar-refractivity contribution in [3.8, 4) is 6.01 Å². The van der Waals surface area contributed by atoms with Crippen LogP contribution in [0.4, 0.5) is 10.2 Å². The van der Waals surface area contributed by atoms with Crippen molar-refractivity contribution < 1.29 is 9.13 Å². The minimum absolute atomic E-state index is 0.184. The van der Waals surface area contributed by atoms with Gasteiger partial charge in [-0.1, -0.05) is 0 Å². The fraction of sp³-hybridized carbons (Fsp3) is 0.727. The van der Waals surface area contributed by atoms with Gasteiger partial charge in [0, 0.05) is 51.4 Å². The van der Waals surface area contributed by atoms with Crippen LogP contribution in [0.1, 0.15) is 37.7 Å². The third-order valence-corrected chi connectivity index (χ3v) is 7.71. The predicted molar refractivity (Wildman–Crippen MR) is 114 cm³/mol. The second-order valence-electron chi connectivity index (χ2n) is 9.86. The van der Waals surface area contributed by atoms with Crippen LogP contribution in [-0.2, 0) is 7.05 Å². The summed E-state index contributed by atoms with van der Waals surface area (Å²) in [7, 11) is 2.03. The molecular weight excluding hydrogens is 383 g/mol. The van der Waals surface area contributed by atoms with Gasteiger partial charge in [-0.3, -0.25) is 4.90 Å². The van der Waals surface area contributed by atoms with Crippen molar-refractivity contribution in [2.75, 3.05) is 37.7 Å². The van der Waals surface area contributed by atoms with Crippen molar-refractivity contribution in [1.29, 1.82) is 0 Å². The van der Waals surface area contributed by atoms with Gasteiger partial charge in [-0.15, -0.1) is 0 Å². The molecule has 0 radical (unpaired) electrons. The Bertz CT molecular complexity index is 966. The van der Waals surface area contributed by atoms with Crippen LogP contribution >= 0.6 is 0 Å². The Morgan fingerprint density at radius 3 is 2.83 bits per heavy atom. The van der Waals surface area contributed by atoms with Crippen LogP contribution in [0.25, 0.3) is 11.0 Å². The molecule has 2 aromatic rings. The highest BCUT2D eigenvalue weighted by Gasteiger charge is 2.49. The number of alkyl halides is 1. The lowest BCUT2D eigenvalue weighted by Crippen LogP contribution is -2.51. The number of aryl methyl sites for hydroxylation is 2. The maximum absolute atomic E-state index is 14.1. The van der Waals surface area contributed by atoms with Crippen molar-refractivity contribution in [3.05, 3.63) is 11.8 Å². The van der Waals surface area contributed by atoms with Crippen LogP contribution in [-0.4, -0.2) is 76.0 Å². The number of aromatic nitrogens is 3. The molecule has 0 saturated carbocycles. The minimum atomic E-state index is -0.750. The normalized spacial score (nSPS) is 33.6. The fourth-order valence-electron chi connectivity index (χ4n) is 6.35. The van der Waals surface area contributed by atoms with Gasteiger partial charge < -0.3 is 19.5 Å². The van der Waals surface area contributed by atoms with E-state index in [0.29, 0.717) is 37.7 Å². The highest BCUT2D eigenvalue weighted by molar-refractivity contribution is 5.91. The van der Waals surface area contributed by atoms with Gasteiger partial charge in [0.15, 0.2) is 0 Å². The molecule has 6 heterocycles. The molecule has 1 N–H and O–H groups in total. The molecule has 0 aromatic carbocycles. The third-order valence-electron chi connectivity index (χ3n) is 7.71. The molecule has 7 nitrogen and oxygen atoms in total. The van der Waals surface area contributed by atoms with Crippen LogP contribution in [0.5, 0.6) is 6.01 Å². The van der Waals surface area contributed by atoms with Crippen molar-refractivity contribution in [1.82, 2.24) is 24.8 Å². The van der Waals surface area contributed by atoms with Crippen LogP contribution in [0.3, 0.4) is 0 Å². The Kier molecular flexibility index (Phi) is 4.25. The van der Waals surface area contributed by atoms with Gasteiger partial charge in [-0.05, 0) is 44.7 Å². The first-order valence-electron chi connectivity index (χ1n) is 11.4. The summed E-state index contributed by atoms with van der Waals surface area (Å²) in [5.74, 6) is 0.988. The van der Waals surface area contributed by atoms with E-state index in [9.17, 15) is 4.39 Å². The molecule has 2 aromatic heterocycles. The van der Waals surface area contributed by atoms with Gasteiger partial charge in [-0.2, -0.15) is 9.97 Å². The summed E-state index contributed by atoms with van der Waals surface area (Å²) in [6.07, 6.45) is 6.50. The zero-order chi connectivity index (χ0) is 20.5. The summed E-state index contributed by atoms with van der Waals surface area (Å²) in [5, 5.41) is 4.82. The zero-order valence-corrected chi connectivity index (χ0v) is 17.9. The lowest BCUT2D eigenvalue weighted by atomic mass is 9.95. The number of fused-ring (bicyclic) bond motifs is 4. The summed E-state index contributed by atoms with van der Waals surface area (Å²) in [5.41, 5.74) is 1.92. The topological polar surface area (TPSA) is 58.5 Å². The molecule has 4 saturated heterocycles. The maximum atomic E-state index is 14.1. The van der Waals surface area contributed by atoms with Gasteiger partial charge >= 0.3 is 6.01 Å². The average Bonchev–Trinajstić information content (AvgIpc) is 3.42. The molecule has 0 amide bonds. The highest BCUT2D eigenvalue weighted by Crippen LogP contribution is 2.40. The lowest BCUT2D eigenvalue weighted by Gasteiger charge is -2.34. The number of ether oxygens (including phenoxy) is 1. The van der Waals surface area contributed by atoms with E-state index in [2.05, 4.69) is 32.8 Å². The van der Waals surface area contributed by atoms with E-state index in [4.69, 9.17) is 14.7 Å². The van der Waals surface area contributed by atoms with Crippen molar-refractivity contribution in [2.24, 2.45) is 7.05 Å². The first kappa shape index (κ1) is 18.8. The molecule has 4 aliphatic rings. The standard InChI is InChI=1S/C22H31FN6O/c1-14-9-27(2)19-18(14)20(28-11-16-4-5-17(12-28)24-16)26-21(25-19)30-13-22-6-3-7-29(22)10-15(23)8-22/h9,15-17,24H,3-8,10-13H2,1-2H3/t15-,16?,17?,22+/m1/s1. The van der Waals surface area contributed by atoms with E-state index in [1.807, 2.05) is 7.05 Å². The Morgan fingerprint density at radius 2 is 2.03 bits per heavy atom. The molecule has 162 valence electrons. The van der Waals surface area contributed by atoms with Gasteiger partial charge in [0.1, 0.15) is 24.2 Å². The smallest absolute Gasteiger partial charge is 0.320 e. The third kappa shape index (κ3) is 2.91. The molecule has 4 aliphatic heterocycles. The predicted octanol–water partition coefficient (Wildman–Crippen LogP) is 2.17. The molecule has 6 rings (SSSR count). The van der Waals surface area contributed by atoms with E-state index >= 15 is 0 Å². The summed E-state index contributed by atoms with van der Waals surface area (Å²) < 4.78 is 22.4. The molecule has 4 atom stereocenters. The van der Waals surface area contributed by atoms with E-state index in [1.165, 1.54) is 18.4 Å². The average molecular weight is 415 g/mol. The highest BCUT2D eigenvalue weighted by atomic mass is 19.1. The summed E-state index contributed by atoms with van der Waals surface area (Å²) in [6, 6.07) is 1.49. The number of halogens is 1.